The van der Waals surface area contributed by atoms with Gasteiger partial charge in [0.1, 0.15) is 0 Å². The second-order valence-electron chi connectivity index (χ2n) is 5.70. The van der Waals surface area contributed by atoms with E-state index < -0.39 is 0 Å². The number of amides is 1. The van der Waals surface area contributed by atoms with Gasteiger partial charge in [0.05, 0.1) is 12.6 Å². The summed E-state index contributed by atoms with van der Waals surface area (Å²) in [4.78, 5) is 22.8. The van der Waals surface area contributed by atoms with E-state index in [1.807, 2.05) is 26.8 Å². The molecule has 0 aromatic carbocycles. The number of aliphatic hydroxyl groups is 1. The highest BCUT2D eigenvalue weighted by molar-refractivity contribution is 5.91. The Hall–Kier alpha value is -2.02. The van der Waals surface area contributed by atoms with E-state index in [1.54, 1.807) is 9.42 Å². The van der Waals surface area contributed by atoms with E-state index in [4.69, 9.17) is 0 Å². The maximum Gasteiger partial charge on any atom is 0.293 e. The first-order valence-corrected chi connectivity index (χ1v) is 7.14. The van der Waals surface area contributed by atoms with Gasteiger partial charge >= 0.3 is 0 Å². The maximum atomic E-state index is 12.6. The number of rotatable bonds is 2. The van der Waals surface area contributed by atoms with Crippen molar-refractivity contribution in [3.63, 3.8) is 0 Å². The average molecular weight is 289 g/mol. The summed E-state index contributed by atoms with van der Waals surface area (Å²) in [7, 11) is 0. The lowest BCUT2D eigenvalue weighted by molar-refractivity contribution is 0.0636. The van der Waals surface area contributed by atoms with Crippen molar-refractivity contribution >= 4 is 11.7 Å². The Bertz CT molecular complexity index is 696. The fraction of sp³-hybridized carbons (Fsp3) is 0.571. The molecular weight excluding hydrogens is 270 g/mol. The number of aliphatic hydroxyl groups excluding tert-OH is 1. The summed E-state index contributed by atoms with van der Waals surface area (Å²) in [5.74, 6) is 0.631. The molecule has 7 nitrogen and oxygen atoms in total. The second kappa shape index (κ2) is 5.07. The predicted octanol–water partition coefficient (Wildman–Crippen LogP) is 0.584. The number of carbonyl (C=O) groups excluding carboxylic acids is 1. The molecule has 3 heterocycles. The molecule has 3 rings (SSSR count). The molecule has 112 valence electrons. The summed E-state index contributed by atoms with van der Waals surface area (Å²) >= 11 is 0. The highest BCUT2D eigenvalue weighted by Gasteiger charge is 2.35. The van der Waals surface area contributed by atoms with Crippen LogP contribution in [0.5, 0.6) is 0 Å². The topological polar surface area (TPSA) is 83.6 Å². The highest BCUT2D eigenvalue weighted by Crippen LogP contribution is 2.24. The number of aryl methyl sites for hydroxylation is 2. The van der Waals surface area contributed by atoms with E-state index in [2.05, 4.69) is 15.1 Å². The lowest BCUT2D eigenvalue weighted by atomic mass is 10.0. The van der Waals surface area contributed by atoms with Crippen LogP contribution in [0.25, 0.3) is 5.78 Å². The van der Waals surface area contributed by atoms with Crippen LogP contribution in [0.3, 0.4) is 0 Å². The van der Waals surface area contributed by atoms with Gasteiger partial charge in [-0.25, -0.2) is 9.50 Å². The molecule has 1 fully saturated rings. The molecule has 1 aliphatic heterocycles. The first-order chi connectivity index (χ1) is 10.0. The number of likely N-dealkylation sites (tertiary alicyclic amines) is 1. The van der Waals surface area contributed by atoms with Crippen LogP contribution in [0.15, 0.2) is 6.07 Å². The van der Waals surface area contributed by atoms with Gasteiger partial charge in [-0.05, 0) is 32.3 Å². The van der Waals surface area contributed by atoms with E-state index in [0.717, 1.165) is 17.8 Å². The zero-order valence-corrected chi connectivity index (χ0v) is 12.4. The molecule has 2 unspecified atom stereocenters. The van der Waals surface area contributed by atoms with Crippen LogP contribution in [-0.2, 0) is 0 Å². The van der Waals surface area contributed by atoms with Crippen molar-refractivity contribution in [3.05, 3.63) is 23.3 Å². The van der Waals surface area contributed by atoms with Gasteiger partial charge in [0.15, 0.2) is 0 Å². The molecule has 21 heavy (non-hydrogen) atoms. The number of hydrogen-bond acceptors (Lipinski definition) is 5. The molecule has 1 N–H and O–H groups in total. The van der Waals surface area contributed by atoms with E-state index in [0.29, 0.717) is 12.3 Å². The lowest BCUT2D eigenvalue weighted by Crippen LogP contribution is -2.40. The van der Waals surface area contributed by atoms with Gasteiger partial charge in [-0.2, -0.15) is 4.98 Å². The molecule has 1 amide bonds. The first-order valence-electron chi connectivity index (χ1n) is 7.14. The highest BCUT2D eigenvalue weighted by atomic mass is 16.3. The third-order valence-corrected chi connectivity index (χ3v) is 4.14. The van der Waals surface area contributed by atoms with Crippen LogP contribution in [0.1, 0.15) is 35.4 Å². The van der Waals surface area contributed by atoms with Crippen LogP contribution >= 0.6 is 0 Å². The number of carbonyl (C=O) groups is 1. The van der Waals surface area contributed by atoms with Gasteiger partial charge in [-0.1, -0.05) is 6.92 Å². The third kappa shape index (κ3) is 2.27. The molecule has 2 aromatic rings. The molecule has 2 atom stereocenters. The quantitative estimate of drug-likeness (QED) is 0.874. The number of hydrogen-bond donors (Lipinski definition) is 1. The normalized spacial score (nSPS) is 22.2. The van der Waals surface area contributed by atoms with Crippen molar-refractivity contribution in [1.29, 1.82) is 0 Å². The van der Waals surface area contributed by atoms with Crippen LogP contribution in [0.2, 0.25) is 0 Å². The molecule has 0 bridgehead atoms. The smallest absolute Gasteiger partial charge is 0.293 e. The third-order valence-electron chi connectivity index (χ3n) is 4.14. The number of nitrogens with zero attached hydrogens (tertiary/aromatic N) is 5. The summed E-state index contributed by atoms with van der Waals surface area (Å²) in [5.41, 5.74) is 1.73. The second-order valence-corrected chi connectivity index (χ2v) is 5.70. The zero-order chi connectivity index (χ0) is 15.1. The Balaban J connectivity index is 1.97. The minimum atomic E-state index is -0.235. The zero-order valence-electron chi connectivity index (χ0n) is 12.4. The average Bonchev–Trinajstić information content (AvgIpc) is 3.01. The van der Waals surface area contributed by atoms with Gasteiger partial charge in [-0.15, -0.1) is 5.10 Å². The molecule has 1 aliphatic rings. The molecule has 2 aromatic heterocycles. The molecule has 1 saturated heterocycles. The Morgan fingerprint density at radius 2 is 2.19 bits per heavy atom. The fourth-order valence-electron chi connectivity index (χ4n) is 2.92. The summed E-state index contributed by atoms with van der Waals surface area (Å²) in [5, 5.41) is 13.7. The SMILES string of the molecule is Cc1cc(C)n2nc(C(=O)N3CCC(C)C3CO)nc2n1. The minimum Gasteiger partial charge on any atom is -0.394 e. The van der Waals surface area contributed by atoms with Gasteiger partial charge in [0.2, 0.25) is 5.82 Å². The van der Waals surface area contributed by atoms with Gasteiger partial charge < -0.3 is 10.0 Å². The van der Waals surface area contributed by atoms with Gasteiger partial charge in [0.25, 0.3) is 11.7 Å². The lowest BCUT2D eigenvalue weighted by Gasteiger charge is -2.23. The molecule has 0 saturated carbocycles. The van der Waals surface area contributed by atoms with Crippen molar-refractivity contribution in [2.75, 3.05) is 13.2 Å². The molecule has 7 heteroatoms. The Labute approximate surface area is 122 Å². The van der Waals surface area contributed by atoms with Crippen LogP contribution in [-0.4, -0.2) is 54.7 Å². The molecule has 0 spiro atoms. The molecular formula is C14H19N5O2. The summed E-state index contributed by atoms with van der Waals surface area (Å²) in [6.45, 7) is 6.43. The van der Waals surface area contributed by atoms with Crippen molar-refractivity contribution in [2.45, 2.75) is 33.2 Å². The van der Waals surface area contributed by atoms with Crippen molar-refractivity contribution in [1.82, 2.24) is 24.5 Å². The Morgan fingerprint density at radius 3 is 2.90 bits per heavy atom. The van der Waals surface area contributed by atoms with Crippen LogP contribution in [0.4, 0.5) is 0 Å². The summed E-state index contributed by atoms with van der Waals surface area (Å²) in [6.07, 6.45) is 0.890. The predicted molar refractivity (Wildman–Crippen MR) is 75.9 cm³/mol. The van der Waals surface area contributed by atoms with E-state index >= 15 is 0 Å². The minimum absolute atomic E-state index is 0.0311. The Morgan fingerprint density at radius 1 is 1.43 bits per heavy atom. The van der Waals surface area contributed by atoms with Crippen molar-refractivity contribution < 1.29 is 9.90 Å². The maximum absolute atomic E-state index is 12.6. The van der Waals surface area contributed by atoms with Crippen LogP contribution in [0, 0.1) is 19.8 Å². The number of fused-ring (bicyclic) bond motifs is 1. The van der Waals surface area contributed by atoms with E-state index in [9.17, 15) is 9.90 Å². The summed E-state index contributed by atoms with van der Waals surface area (Å²) in [6, 6.07) is 1.74. The van der Waals surface area contributed by atoms with Gasteiger partial charge in [0, 0.05) is 17.9 Å². The molecule has 0 aliphatic carbocycles. The number of aromatic nitrogens is 4. The van der Waals surface area contributed by atoms with Gasteiger partial charge in [-0.3, -0.25) is 4.79 Å². The standard InChI is InChI=1S/C14H19N5O2/c1-8-4-5-18(11(8)7-20)13(21)12-16-14-15-9(2)6-10(3)19(14)17-12/h6,8,11,20H,4-5,7H2,1-3H3. The van der Waals surface area contributed by atoms with Crippen molar-refractivity contribution in [3.8, 4) is 0 Å². The fourth-order valence-corrected chi connectivity index (χ4v) is 2.92. The Kier molecular flexibility index (Phi) is 3.36. The first kappa shape index (κ1) is 13.9. The van der Waals surface area contributed by atoms with Crippen LogP contribution < -0.4 is 0 Å². The molecule has 0 radical (unpaired) electrons. The monoisotopic (exact) mass is 289 g/mol. The largest absolute Gasteiger partial charge is 0.394 e. The van der Waals surface area contributed by atoms with E-state index in [-0.39, 0.29) is 30.3 Å². The van der Waals surface area contributed by atoms with Crippen molar-refractivity contribution in [2.24, 2.45) is 5.92 Å². The van der Waals surface area contributed by atoms with E-state index in [1.165, 1.54) is 0 Å². The summed E-state index contributed by atoms with van der Waals surface area (Å²) < 4.78 is 1.58.